The molecule has 0 unspecified atom stereocenters. The lowest BCUT2D eigenvalue weighted by Crippen LogP contribution is -2.30. The van der Waals surface area contributed by atoms with Crippen molar-refractivity contribution >= 4 is 11.9 Å². The fourth-order valence-electron chi connectivity index (χ4n) is 4.80. The predicted octanol–water partition coefficient (Wildman–Crippen LogP) is 6.74. The van der Waals surface area contributed by atoms with Crippen LogP contribution in [-0.2, 0) is 9.59 Å². The van der Waals surface area contributed by atoms with E-state index in [0.717, 1.165) is 22.3 Å². The van der Waals surface area contributed by atoms with Crippen LogP contribution in [0.15, 0.2) is 103 Å². The number of carbonyl (C=O) groups excluding carboxylic acids is 2. The van der Waals surface area contributed by atoms with E-state index in [-0.39, 0.29) is 23.8 Å². The van der Waals surface area contributed by atoms with Crippen LogP contribution in [0.4, 0.5) is 0 Å². The van der Waals surface area contributed by atoms with Gasteiger partial charge in [0.15, 0.2) is 0 Å². The molecular formula is C38H28O6. The second-order valence-corrected chi connectivity index (χ2v) is 10.1. The van der Waals surface area contributed by atoms with Gasteiger partial charge in [0.2, 0.25) is 0 Å². The first-order valence-electron chi connectivity index (χ1n) is 14.2. The van der Waals surface area contributed by atoms with Gasteiger partial charge in [0.05, 0.1) is 11.8 Å². The highest BCUT2D eigenvalue weighted by Crippen LogP contribution is 2.32. The topological polar surface area (TPSA) is 82.1 Å². The highest BCUT2D eigenvalue weighted by molar-refractivity contribution is 5.78. The molecule has 1 N–H and O–H groups in total. The summed E-state index contributed by atoms with van der Waals surface area (Å²) in [5.41, 5.74) is 3.67. The van der Waals surface area contributed by atoms with E-state index in [1.165, 1.54) is 0 Å². The van der Waals surface area contributed by atoms with E-state index < -0.39 is 0 Å². The standard InChI is InChI=1S/C38H28O6/c39-26-4-5-27-42-34-22-16-30(17-23-34)31-18-24-36(25-19-31)44-38(41)33-14-12-32(13-15-33)37(40)43-35-20-10-29(11-21-35)9-8-28-6-2-1-3-7-28/h1-3,6-7,10-11,16-25,32-33,39H,12-15H2. The third-order valence-corrected chi connectivity index (χ3v) is 7.19. The highest BCUT2D eigenvalue weighted by Gasteiger charge is 2.32. The number of esters is 2. The average Bonchev–Trinajstić information content (AvgIpc) is 3.07. The van der Waals surface area contributed by atoms with Crippen LogP contribution in [0.2, 0.25) is 0 Å². The Morgan fingerprint density at radius 1 is 0.568 bits per heavy atom. The Balaban J connectivity index is 1.07. The van der Waals surface area contributed by atoms with Crippen molar-refractivity contribution < 1.29 is 28.9 Å². The van der Waals surface area contributed by atoms with Crippen molar-refractivity contribution in [3.8, 4) is 64.3 Å². The van der Waals surface area contributed by atoms with E-state index in [9.17, 15) is 9.59 Å². The number of aliphatic hydroxyl groups excluding tert-OH is 1. The van der Waals surface area contributed by atoms with Crippen molar-refractivity contribution in [3.63, 3.8) is 0 Å². The Hall–Kier alpha value is -5.90. The molecule has 0 radical (unpaired) electrons. The largest absolute Gasteiger partial charge is 0.461 e. The molecule has 216 valence electrons. The van der Waals surface area contributed by atoms with E-state index in [0.29, 0.717) is 42.9 Å². The van der Waals surface area contributed by atoms with Gasteiger partial charge in [0.25, 0.3) is 0 Å². The highest BCUT2D eigenvalue weighted by atomic mass is 16.5. The molecule has 6 heteroatoms. The van der Waals surface area contributed by atoms with Gasteiger partial charge in [-0.25, -0.2) is 0 Å². The second-order valence-electron chi connectivity index (χ2n) is 10.1. The molecule has 6 nitrogen and oxygen atoms in total. The minimum atomic E-state index is -0.287. The Bertz CT molecular complexity index is 1770. The molecule has 1 aliphatic rings. The molecule has 0 saturated heterocycles. The predicted molar refractivity (Wildman–Crippen MR) is 166 cm³/mol. The van der Waals surface area contributed by atoms with E-state index in [1.807, 2.05) is 66.7 Å². The van der Waals surface area contributed by atoms with Crippen LogP contribution in [-0.4, -0.2) is 17.0 Å². The Morgan fingerprint density at radius 2 is 1.02 bits per heavy atom. The summed E-state index contributed by atoms with van der Waals surface area (Å²) in [7, 11) is 0. The fourth-order valence-corrected chi connectivity index (χ4v) is 4.80. The summed E-state index contributed by atoms with van der Waals surface area (Å²) in [6, 6.07) is 31.5. The number of benzene rings is 4. The molecular weight excluding hydrogens is 552 g/mol. The molecule has 5 rings (SSSR count). The summed E-state index contributed by atoms with van der Waals surface area (Å²) < 4.78 is 16.5. The third kappa shape index (κ3) is 8.32. The molecule has 4 aromatic rings. The van der Waals surface area contributed by atoms with Crippen LogP contribution < -0.4 is 14.2 Å². The molecule has 0 bridgehead atoms. The molecule has 1 fully saturated rings. The van der Waals surface area contributed by atoms with Gasteiger partial charge in [-0.1, -0.05) is 54.3 Å². The Kier molecular flexibility index (Phi) is 9.97. The summed E-state index contributed by atoms with van der Waals surface area (Å²) in [6.45, 7) is 0. The van der Waals surface area contributed by atoms with E-state index in [4.69, 9.17) is 19.3 Å². The van der Waals surface area contributed by atoms with Crippen molar-refractivity contribution in [3.05, 3.63) is 114 Å². The van der Waals surface area contributed by atoms with E-state index in [1.54, 1.807) is 42.5 Å². The average molecular weight is 581 g/mol. The lowest BCUT2D eigenvalue weighted by atomic mass is 9.82. The van der Waals surface area contributed by atoms with Crippen molar-refractivity contribution in [1.29, 1.82) is 0 Å². The van der Waals surface area contributed by atoms with Crippen LogP contribution in [0.25, 0.3) is 11.1 Å². The zero-order valence-electron chi connectivity index (χ0n) is 23.8. The number of hydrogen-bond acceptors (Lipinski definition) is 6. The Morgan fingerprint density at radius 3 is 1.52 bits per heavy atom. The first-order chi connectivity index (χ1) is 21.6. The summed E-state index contributed by atoms with van der Waals surface area (Å²) in [5.74, 6) is 11.2. The van der Waals surface area contributed by atoms with Gasteiger partial charge < -0.3 is 19.3 Å². The number of rotatable bonds is 6. The van der Waals surface area contributed by atoms with Crippen LogP contribution in [0, 0.1) is 47.7 Å². The minimum Gasteiger partial charge on any atom is -0.461 e. The molecule has 0 aliphatic heterocycles. The van der Waals surface area contributed by atoms with Gasteiger partial charge in [0.1, 0.15) is 29.5 Å². The normalized spacial score (nSPS) is 15.1. The van der Waals surface area contributed by atoms with Gasteiger partial charge in [-0.2, -0.15) is 0 Å². The van der Waals surface area contributed by atoms with Crippen LogP contribution in [0.1, 0.15) is 36.8 Å². The van der Waals surface area contributed by atoms with Crippen molar-refractivity contribution in [1.82, 2.24) is 0 Å². The maximum Gasteiger partial charge on any atom is 0.314 e. The van der Waals surface area contributed by atoms with Crippen LogP contribution >= 0.6 is 0 Å². The van der Waals surface area contributed by atoms with Crippen LogP contribution in [0.5, 0.6) is 17.2 Å². The summed E-state index contributed by atoms with van der Waals surface area (Å²) >= 11 is 0. The van der Waals surface area contributed by atoms with Gasteiger partial charge in [-0.05, 0) is 97.5 Å². The molecule has 0 atom stereocenters. The smallest absolute Gasteiger partial charge is 0.314 e. The van der Waals surface area contributed by atoms with Gasteiger partial charge in [0, 0.05) is 23.0 Å². The molecule has 0 aromatic heterocycles. The minimum absolute atomic E-state index is 0.256. The summed E-state index contributed by atoms with van der Waals surface area (Å²) in [5, 5.41) is 8.40. The number of carbonyl (C=O) groups is 2. The molecule has 1 saturated carbocycles. The number of ether oxygens (including phenoxy) is 3. The van der Waals surface area contributed by atoms with Gasteiger partial charge in [-0.3, -0.25) is 9.59 Å². The van der Waals surface area contributed by atoms with Crippen molar-refractivity contribution in [2.24, 2.45) is 11.8 Å². The quantitative estimate of drug-likeness (QED) is 0.155. The molecule has 1 aliphatic carbocycles. The fraction of sp³-hybridized carbons (Fsp3) is 0.158. The molecule has 0 heterocycles. The van der Waals surface area contributed by atoms with Crippen molar-refractivity contribution in [2.75, 3.05) is 0 Å². The Labute approximate surface area is 256 Å². The lowest BCUT2D eigenvalue weighted by Gasteiger charge is -2.25. The van der Waals surface area contributed by atoms with Crippen molar-refractivity contribution in [2.45, 2.75) is 25.7 Å². The molecule has 0 amide bonds. The SMILES string of the molecule is O=C(Oc1ccc(C#Cc2ccccc2)cc1)C1CCC(C(=O)Oc2ccc(-c3ccc(OC#CC#CO)cc3)cc2)CC1. The summed E-state index contributed by atoms with van der Waals surface area (Å²) in [4.78, 5) is 25.6. The number of aliphatic hydroxyl groups is 1. The van der Waals surface area contributed by atoms with E-state index in [2.05, 4.69) is 29.8 Å². The van der Waals surface area contributed by atoms with Crippen LogP contribution in [0.3, 0.4) is 0 Å². The first-order valence-corrected chi connectivity index (χ1v) is 14.2. The second kappa shape index (κ2) is 14.8. The van der Waals surface area contributed by atoms with Gasteiger partial charge >= 0.3 is 11.9 Å². The zero-order chi connectivity index (χ0) is 30.6. The molecule has 44 heavy (non-hydrogen) atoms. The summed E-state index contributed by atoms with van der Waals surface area (Å²) in [6.07, 6.45) is 6.33. The zero-order valence-corrected chi connectivity index (χ0v) is 23.8. The van der Waals surface area contributed by atoms with E-state index >= 15 is 0 Å². The number of hydrogen-bond donors (Lipinski definition) is 1. The monoisotopic (exact) mass is 580 g/mol. The van der Waals surface area contributed by atoms with Gasteiger partial charge in [-0.15, -0.1) is 0 Å². The maximum absolute atomic E-state index is 12.8. The first kappa shape index (κ1) is 29.6. The third-order valence-electron chi connectivity index (χ3n) is 7.19. The molecule has 4 aromatic carbocycles. The lowest BCUT2D eigenvalue weighted by molar-refractivity contribution is -0.145. The molecule has 0 spiro atoms. The maximum atomic E-state index is 12.8.